The third-order valence-corrected chi connectivity index (χ3v) is 5.78. The van der Waals surface area contributed by atoms with E-state index in [0.29, 0.717) is 5.69 Å². The molecule has 2 amide bonds. The van der Waals surface area contributed by atoms with Crippen LogP contribution in [0.3, 0.4) is 0 Å². The lowest BCUT2D eigenvalue weighted by Crippen LogP contribution is -2.31. The van der Waals surface area contributed by atoms with Crippen LogP contribution in [-0.4, -0.2) is 38.7 Å². The van der Waals surface area contributed by atoms with Gasteiger partial charge in [0.2, 0.25) is 0 Å². The number of anilines is 1. The number of rotatable bonds is 5. The van der Waals surface area contributed by atoms with Crippen molar-refractivity contribution in [3.05, 3.63) is 72.3 Å². The van der Waals surface area contributed by atoms with Gasteiger partial charge in [-0.1, -0.05) is 24.3 Å². The Bertz CT molecular complexity index is 968. The predicted octanol–water partition coefficient (Wildman–Crippen LogP) is 2.29. The molecule has 0 bridgehead atoms. The minimum Gasteiger partial charge on any atom is -0.277 e. The van der Waals surface area contributed by atoms with Crippen LogP contribution in [0, 0.1) is 0 Å². The molecule has 0 atom stereocenters. The summed E-state index contributed by atoms with van der Waals surface area (Å²) in [7, 11) is -2.55. The van der Waals surface area contributed by atoms with Gasteiger partial charge < -0.3 is 0 Å². The normalized spacial score (nSPS) is 13.7. The van der Waals surface area contributed by atoms with Gasteiger partial charge in [0, 0.05) is 7.05 Å². The lowest BCUT2D eigenvalue weighted by atomic mass is 10.1. The minimum atomic E-state index is -3.92. The zero-order valence-electron chi connectivity index (χ0n) is 13.5. The fourth-order valence-electron chi connectivity index (χ4n) is 2.68. The summed E-state index contributed by atoms with van der Waals surface area (Å²) in [5.41, 5.74) is 0.795. The third kappa shape index (κ3) is 2.72. The molecule has 7 heteroatoms. The molecule has 1 aliphatic heterocycles. The molecule has 0 unspecified atom stereocenters. The summed E-state index contributed by atoms with van der Waals surface area (Å²) < 4.78 is 27.3. The largest absolute Gasteiger partial charge is 0.277 e. The Balaban J connectivity index is 2.10. The second kappa shape index (κ2) is 6.18. The lowest BCUT2D eigenvalue weighted by Gasteiger charge is -2.23. The van der Waals surface area contributed by atoms with Crippen molar-refractivity contribution in [2.45, 2.75) is 4.90 Å². The summed E-state index contributed by atoms with van der Waals surface area (Å²) in [5.74, 6) is -0.943. The number of imide groups is 1. The predicted molar refractivity (Wildman–Crippen MR) is 94.0 cm³/mol. The molecule has 0 radical (unpaired) electrons. The van der Waals surface area contributed by atoms with E-state index in [1.807, 2.05) is 0 Å². The Morgan fingerprint density at radius 2 is 1.68 bits per heavy atom. The first-order valence-electron chi connectivity index (χ1n) is 7.53. The summed E-state index contributed by atoms with van der Waals surface area (Å²) in [4.78, 5) is 25.0. The van der Waals surface area contributed by atoms with Gasteiger partial charge in [-0.15, -0.1) is 6.58 Å². The van der Waals surface area contributed by atoms with E-state index in [2.05, 4.69) is 6.58 Å². The van der Waals surface area contributed by atoms with Crippen LogP contribution < -0.4 is 4.31 Å². The van der Waals surface area contributed by atoms with Crippen LogP contribution in [0.25, 0.3) is 0 Å². The zero-order valence-corrected chi connectivity index (χ0v) is 14.4. The Hall–Kier alpha value is -2.93. The second-order valence-corrected chi connectivity index (χ2v) is 7.40. The average molecular weight is 356 g/mol. The second-order valence-electron chi connectivity index (χ2n) is 5.54. The molecule has 0 saturated heterocycles. The van der Waals surface area contributed by atoms with Crippen LogP contribution in [0.1, 0.15) is 20.7 Å². The maximum absolute atomic E-state index is 13.1. The van der Waals surface area contributed by atoms with Crippen molar-refractivity contribution in [3.63, 3.8) is 0 Å². The van der Waals surface area contributed by atoms with E-state index >= 15 is 0 Å². The van der Waals surface area contributed by atoms with Gasteiger partial charge in [-0.3, -0.25) is 18.8 Å². The molecule has 0 saturated carbocycles. The van der Waals surface area contributed by atoms with Gasteiger partial charge in [-0.25, -0.2) is 8.42 Å². The number of benzene rings is 2. The molecule has 128 valence electrons. The first kappa shape index (κ1) is 16.9. The molecule has 1 aliphatic rings. The van der Waals surface area contributed by atoms with Crippen molar-refractivity contribution in [3.8, 4) is 0 Å². The molecular weight excluding hydrogens is 340 g/mol. The molecule has 2 aromatic carbocycles. The molecule has 1 heterocycles. The summed E-state index contributed by atoms with van der Waals surface area (Å²) in [6, 6.07) is 12.6. The first-order valence-corrected chi connectivity index (χ1v) is 8.97. The number of carbonyl (C=O) groups excluding carboxylic acids is 2. The highest BCUT2D eigenvalue weighted by molar-refractivity contribution is 7.92. The molecule has 0 aliphatic carbocycles. The smallest absolute Gasteiger partial charge is 0.264 e. The van der Waals surface area contributed by atoms with Gasteiger partial charge in [0.15, 0.2) is 0 Å². The van der Waals surface area contributed by atoms with E-state index in [1.165, 1.54) is 35.6 Å². The lowest BCUT2D eigenvalue weighted by molar-refractivity contribution is 0.0693. The number of fused-ring (bicyclic) bond motifs is 1. The van der Waals surface area contributed by atoms with Crippen LogP contribution >= 0.6 is 0 Å². The van der Waals surface area contributed by atoms with E-state index in [9.17, 15) is 18.0 Å². The maximum Gasteiger partial charge on any atom is 0.264 e. The number of para-hydroxylation sites is 1. The monoisotopic (exact) mass is 356 g/mol. The average Bonchev–Trinajstić information content (AvgIpc) is 2.84. The number of carbonyl (C=O) groups is 2. The fourth-order valence-corrected chi connectivity index (χ4v) is 4.14. The molecule has 2 aromatic rings. The summed E-state index contributed by atoms with van der Waals surface area (Å²) in [6.07, 6.45) is 1.49. The van der Waals surface area contributed by atoms with Crippen molar-refractivity contribution in [2.24, 2.45) is 0 Å². The van der Waals surface area contributed by atoms with Crippen molar-refractivity contribution < 1.29 is 18.0 Å². The van der Waals surface area contributed by atoms with Crippen molar-refractivity contribution >= 4 is 27.5 Å². The van der Waals surface area contributed by atoms with Gasteiger partial charge in [-0.2, -0.15) is 0 Å². The molecule has 3 rings (SSSR count). The van der Waals surface area contributed by atoms with Gasteiger partial charge >= 0.3 is 0 Å². The molecule has 0 aromatic heterocycles. The quantitative estimate of drug-likeness (QED) is 0.608. The molecule has 0 N–H and O–H groups in total. The van der Waals surface area contributed by atoms with Crippen molar-refractivity contribution in [2.75, 3.05) is 17.9 Å². The van der Waals surface area contributed by atoms with Crippen LogP contribution in [-0.2, 0) is 10.0 Å². The number of sulfonamides is 1. The Labute approximate surface area is 146 Å². The number of amides is 2. The van der Waals surface area contributed by atoms with Gasteiger partial charge in [-0.05, 0) is 30.3 Å². The van der Waals surface area contributed by atoms with Crippen LogP contribution in [0.2, 0.25) is 0 Å². The van der Waals surface area contributed by atoms with E-state index in [0.717, 1.165) is 4.90 Å². The summed E-state index contributed by atoms with van der Waals surface area (Å²) >= 11 is 0. The zero-order chi connectivity index (χ0) is 18.2. The SMILES string of the molecule is C=CCN(c1ccccc1)S(=O)(=O)c1ccc2c(c1)C(=O)N(C)C2=O. The molecular formula is C18H16N2O4S. The molecule has 6 nitrogen and oxygen atoms in total. The standard InChI is InChI=1S/C18H16N2O4S/c1-3-11-20(13-7-5-4-6-8-13)25(23,24)14-9-10-15-16(12-14)18(22)19(2)17(15)21/h3-10,12H,1,11H2,2H3. The van der Waals surface area contributed by atoms with Crippen LogP contribution in [0.5, 0.6) is 0 Å². The Morgan fingerprint density at radius 3 is 2.32 bits per heavy atom. The highest BCUT2D eigenvalue weighted by atomic mass is 32.2. The number of hydrogen-bond acceptors (Lipinski definition) is 4. The Kier molecular flexibility index (Phi) is 4.18. The van der Waals surface area contributed by atoms with E-state index in [-0.39, 0.29) is 22.6 Å². The van der Waals surface area contributed by atoms with Crippen LogP contribution in [0.15, 0.2) is 66.1 Å². The summed E-state index contributed by atoms with van der Waals surface area (Å²) in [5, 5.41) is 0. The van der Waals surface area contributed by atoms with E-state index in [1.54, 1.807) is 30.3 Å². The molecule has 0 spiro atoms. The fraction of sp³-hybridized carbons (Fsp3) is 0.111. The van der Waals surface area contributed by atoms with E-state index < -0.39 is 21.8 Å². The minimum absolute atomic E-state index is 0.0478. The van der Waals surface area contributed by atoms with E-state index in [4.69, 9.17) is 0 Å². The van der Waals surface area contributed by atoms with Gasteiger partial charge in [0.1, 0.15) is 0 Å². The maximum atomic E-state index is 13.1. The Morgan fingerprint density at radius 1 is 1.04 bits per heavy atom. The molecule has 0 fully saturated rings. The summed E-state index contributed by atoms with van der Waals surface area (Å²) in [6.45, 7) is 3.69. The first-order chi connectivity index (χ1) is 11.9. The highest BCUT2D eigenvalue weighted by Crippen LogP contribution is 2.28. The van der Waals surface area contributed by atoms with Gasteiger partial charge in [0.25, 0.3) is 21.8 Å². The van der Waals surface area contributed by atoms with Crippen LogP contribution in [0.4, 0.5) is 5.69 Å². The third-order valence-electron chi connectivity index (χ3n) is 3.99. The number of hydrogen-bond donors (Lipinski definition) is 0. The van der Waals surface area contributed by atoms with Crippen molar-refractivity contribution in [1.82, 2.24) is 4.90 Å². The number of nitrogens with zero attached hydrogens (tertiary/aromatic N) is 2. The van der Waals surface area contributed by atoms with Crippen molar-refractivity contribution in [1.29, 1.82) is 0 Å². The van der Waals surface area contributed by atoms with Gasteiger partial charge in [0.05, 0.1) is 28.3 Å². The topological polar surface area (TPSA) is 74.8 Å². The highest BCUT2D eigenvalue weighted by Gasteiger charge is 2.35. The molecule has 25 heavy (non-hydrogen) atoms.